The number of aromatic nitrogens is 3. The molecule has 98 valence electrons. The third-order valence-corrected chi connectivity index (χ3v) is 2.70. The summed E-state index contributed by atoms with van der Waals surface area (Å²) in [4.78, 5) is 0. The zero-order valence-corrected chi connectivity index (χ0v) is 10.7. The Morgan fingerprint density at radius 3 is 3.05 bits per heavy atom. The normalized spacial score (nSPS) is 10.1. The molecule has 2 rings (SSSR count). The summed E-state index contributed by atoms with van der Waals surface area (Å²) in [6.45, 7) is 2.26. The van der Waals surface area contributed by atoms with E-state index in [1.165, 1.54) is 0 Å². The van der Waals surface area contributed by atoms with Crippen LogP contribution >= 0.6 is 0 Å². The number of methoxy groups -OCH3 is 1. The van der Waals surface area contributed by atoms with E-state index in [-0.39, 0.29) is 0 Å². The predicted molar refractivity (Wildman–Crippen MR) is 69.4 cm³/mol. The molecule has 6 nitrogen and oxygen atoms in total. The van der Waals surface area contributed by atoms with E-state index in [9.17, 15) is 0 Å². The highest BCUT2D eigenvalue weighted by Gasteiger charge is 2.03. The lowest BCUT2D eigenvalue weighted by molar-refractivity contribution is 0.413. The molecule has 19 heavy (non-hydrogen) atoms. The highest BCUT2D eigenvalue weighted by molar-refractivity contribution is 5.45. The SMILES string of the molecule is COc1ccc(CNCCn2ccnn2)cc1C#N. The molecule has 0 fully saturated rings. The fourth-order valence-corrected chi connectivity index (χ4v) is 1.73. The van der Waals surface area contributed by atoms with Crippen LogP contribution < -0.4 is 10.1 Å². The van der Waals surface area contributed by atoms with Crippen molar-refractivity contribution in [3.8, 4) is 11.8 Å². The van der Waals surface area contributed by atoms with Crippen molar-refractivity contribution in [2.75, 3.05) is 13.7 Å². The number of nitriles is 1. The quantitative estimate of drug-likeness (QED) is 0.780. The molecule has 0 aliphatic carbocycles. The van der Waals surface area contributed by atoms with Gasteiger partial charge in [0.1, 0.15) is 11.8 Å². The summed E-state index contributed by atoms with van der Waals surface area (Å²) in [6.07, 6.45) is 3.48. The molecular weight excluding hydrogens is 242 g/mol. The average molecular weight is 257 g/mol. The van der Waals surface area contributed by atoms with Gasteiger partial charge in [0, 0.05) is 19.3 Å². The number of benzene rings is 1. The Balaban J connectivity index is 1.84. The van der Waals surface area contributed by atoms with Gasteiger partial charge < -0.3 is 10.1 Å². The van der Waals surface area contributed by atoms with Crippen LogP contribution in [-0.4, -0.2) is 28.6 Å². The van der Waals surface area contributed by atoms with Crippen LogP contribution in [0.1, 0.15) is 11.1 Å². The van der Waals surface area contributed by atoms with E-state index in [1.54, 1.807) is 18.0 Å². The largest absolute Gasteiger partial charge is 0.495 e. The molecule has 6 heteroatoms. The Labute approximate surface area is 111 Å². The summed E-state index contributed by atoms with van der Waals surface area (Å²) >= 11 is 0. The molecule has 2 aromatic rings. The van der Waals surface area contributed by atoms with Crippen molar-refractivity contribution >= 4 is 0 Å². The zero-order chi connectivity index (χ0) is 13.5. The summed E-state index contributed by atoms with van der Waals surface area (Å²) in [6, 6.07) is 7.72. The van der Waals surface area contributed by atoms with E-state index in [0.717, 1.165) is 18.7 Å². The van der Waals surface area contributed by atoms with Crippen molar-refractivity contribution < 1.29 is 4.74 Å². The Hall–Kier alpha value is -2.39. The van der Waals surface area contributed by atoms with Gasteiger partial charge in [-0.3, -0.25) is 4.68 Å². The minimum absolute atomic E-state index is 0.554. The molecule has 1 aromatic heterocycles. The number of ether oxygens (including phenoxy) is 1. The van der Waals surface area contributed by atoms with Crippen LogP contribution in [0.25, 0.3) is 0 Å². The van der Waals surface area contributed by atoms with E-state index < -0.39 is 0 Å². The van der Waals surface area contributed by atoms with Crippen LogP contribution in [0.15, 0.2) is 30.6 Å². The molecule has 1 heterocycles. The second kappa shape index (κ2) is 6.52. The van der Waals surface area contributed by atoms with E-state index >= 15 is 0 Å². The van der Waals surface area contributed by atoms with Gasteiger partial charge in [0.15, 0.2) is 0 Å². The van der Waals surface area contributed by atoms with Gasteiger partial charge in [0.05, 0.1) is 25.4 Å². The number of nitrogens with one attached hydrogen (secondary N) is 1. The number of hydrogen-bond donors (Lipinski definition) is 1. The summed E-state index contributed by atoms with van der Waals surface area (Å²) in [7, 11) is 1.56. The lowest BCUT2D eigenvalue weighted by Gasteiger charge is -2.07. The van der Waals surface area contributed by atoms with E-state index in [1.807, 2.05) is 24.4 Å². The molecule has 0 aliphatic heterocycles. The lowest BCUT2D eigenvalue weighted by Crippen LogP contribution is -2.19. The van der Waals surface area contributed by atoms with Crippen LogP contribution in [0.2, 0.25) is 0 Å². The predicted octanol–water partition coefficient (Wildman–Crippen LogP) is 0.948. The first-order valence-electron chi connectivity index (χ1n) is 5.95. The molecule has 0 amide bonds. The second-order valence-corrected chi connectivity index (χ2v) is 3.99. The number of rotatable bonds is 6. The van der Waals surface area contributed by atoms with Crippen molar-refractivity contribution in [2.45, 2.75) is 13.1 Å². The Kier molecular flexibility index (Phi) is 4.48. The first-order chi connectivity index (χ1) is 9.33. The third-order valence-electron chi connectivity index (χ3n) is 2.70. The topological polar surface area (TPSA) is 75.8 Å². The first-order valence-corrected chi connectivity index (χ1v) is 5.95. The molecule has 0 bridgehead atoms. The molecule has 0 saturated heterocycles. The zero-order valence-electron chi connectivity index (χ0n) is 10.7. The number of hydrogen-bond acceptors (Lipinski definition) is 5. The summed E-state index contributed by atoms with van der Waals surface area (Å²) in [5.74, 6) is 0.605. The molecule has 0 atom stereocenters. The van der Waals surface area contributed by atoms with Crippen molar-refractivity contribution in [2.24, 2.45) is 0 Å². The van der Waals surface area contributed by atoms with Crippen LogP contribution in [0.4, 0.5) is 0 Å². The number of nitrogens with zero attached hydrogens (tertiary/aromatic N) is 4. The van der Waals surface area contributed by atoms with Crippen LogP contribution in [0.5, 0.6) is 5.75 Å². The van der Waals surface area contributed by atoms with Crippen molar-refractivity contribution in [3.05, 3.63) is 41.7 Å². The average Bonchev–Trinajstić information content (AvgIpc) is 2.96. The van der Waals surface area contributed by atoms with Crippen molar-refractivity contribution in [1.29, 1.82) is 5.26 Å². The van der Waals surface area contributed by atoms with Gasteiger partial charge in [-0.25, -0.2) is 0 Å². The highest BCUT2D eigenvalue weighted by Crippen LogP contribution is 2.18. The van der Waals surface area contributed by atoms with Crippen LogP contribution in [0, 0.1) is 11.3 Å². The lowest BCUT2D eigenvalue weighted by atomic mass is 10.1. The second-order valence-electron chi connectivity index (χ2n) is 3.99. The Bertz CT molecular complexity index is 559. The molecule has 0 unspecified atom stereocenters. The van der Waals surface area contributed by atoms with Gasteiger partial charge in [-0.05, 0) is 17.7 Å². The summed E-state index contributed by atoms with van der Waals surface area (Å²) < 4.78 is 6.87. The molecular formula is C13H15N5O. The van der Waals surface area contributed by atoms with Gasteiger partial charge in [-0.15, -0.1) is 5.10 Å². The van der Waals surface area contributed by atoms with Crippen molar-refractivity contribution in [3.63, 3.8) is 0 Å². The maximum absolute atomic E-state index is 9.00. The fourth-order valence-electron chi connectivity index (χ4n) is 1.73. The fraction of sp³-hybridized carbons (Fsp3) is 0.308. The Morgan fingerprint density at radius 2 is 2.37 bits per heavy atom. The van der Waals surface area contributed by atoms with Gasteiger partial charge in [0.25, 0.3) is 0 Å². The smallest absolute Gasteiger partial charge is 0.136 e. The monoisotopic (exact) mass is 257 g/mol. The van der Waals surface area contributed by atoms with Gasteiger partial charge in [0.2, 0.25) is 0 Å². The van der Waals surface area contributed by atoms with E-state index in [2.05, 4.69) is 21.7 Å². The summed E-state index contributed by atoms with van der Waals surface area (Å²) in [5.41, 5.74) is 1.61. The summed E-state index contributed by atoms with van der Waals surface area (Å²) in [5, 5.41) is 19.9. The first kappa shape index (κ1) is 13.1. The molecule has 0 spiro atoms. The minimum atomic E-state index is 0.554. The van der Waals surface area contributed by atoms with E-state index in [4.69, 9.17) is 10.00 Å². The highest BCUT2D eigenvalue weighted by atomic mass is 16.5. The molecule has 0 aliphatic rings. The van der Waals surface area contributed by atoms with Crippen LogP contribution in [-0.2, 0) is 13.1 Å². The Morgan fingerprint density at radius 1 is 1.47 bits per heavy atom. The van der Waals surface area contributed by atoms with E-state index in [0.29, 0.717) is 17.9 Å². The van der Waals surface area contributed by atoms with Crippen molar-refractivity contribution in [1.82, 2.24) is 20.3 Å². The van der Waals surface area contributed by atoms with Crippen LogP contribution in [0.3, 0.4) is 0 Å². The minimum Gasteiger partial charge on any atom is -0.495 e. The molecule has 1 N–H and O–H groups in total. The van der Waals surface area contributed by atoms with Gasteiger partial charge in [-0.1, -0.05) is 11.3 Å². The standard InChI is InChI=1S/C13H15N5O/c1-19-13-3-2-11(8-12(13)9-14)10-15-4-6-18-7-5-16-17-18/h2-3,5,7-8,15H,4,6,10H2,1H3. The third kappa shape index (κ3) is 3.53. The molecule has 0 saturated carbocycles. The molecule has 0 radical (unpaired) electrons. The van der Waals surface area contributed by atoms with Gasteiger partial charge in [-0.2, -0.15) is 5.26 Å². The van der Waals surface area contributed by atoms with Gasteiger partial charge >= 0.3 is 0 Å². The maximum atomic E-state index is 9.00. The molecule has 1 aromatic carbocycles. The maximum Gasteiger partial charge on any atom is 0.136 e.